The highest BCUT2D eigenvalue weighted by molar-refractivity contribution is 6.21. The van der Waals surface area contributed by atoms with E-state index in [4.69, 9.17) is 0 Å². The maximum absolute atomic E-state index is 12.2. The summed E-state index contributed by atoms with van der Waals surface area (Å²) in [6.07, 6.45) is 0. The number of rotatable bonds is 0. The van der Waals surface area contributed by atoms with Crippen molar-refractivity contribution in [2.45, 2.75) is 0 Å². The van der Waals surface area contributed by atoms with Gasteiger partial charge >= 0.3 is 0 Å². The maximum Gasteiger partial charge on any atom is 0.291 e. The number of nitrogens with zero attached hydrogens (tertiary/aromatic N) is 2. The summed E-state index contributed by atoms with van der Waals surface area (Å²) in [4.78, 5) is 24.4. The first-order valence-corrected chi connectivity index (χ1v) is 6.21. The standard InChI is InChI=1S/C14H8N2O6/c17-5-1-7-11-9(3-5)16(22)14(20)8-2-6(18)4-10(12(8)11)15(21)13(7)19/h1-4,17-18,21-22H. The molecule has 2 aromatic carbocycles. The zero-order chi connectivity index (χ0) is 15.8. The lowest BCUT2D eigenvalue weighted by Crippen LogP contribution is -2.23. The van der Waals surface area contributed by atoms with Crippen molar-refractivity contribution in [1.29, 1.82) is 0 Å². The Kier molecular flexibility index (Phi) is 2.02. The average molecular weight is 300 g/mol. The second-order valence-corrected chi connectivity index (χ2v) is 5.01. The van der Waals surface area contributed by atoms with Crippen molar-refractivity contribution in [2.75, 3.05) is 0 Å². The molecule has 0 spiro atoms. The highest BCUT2D eigenvalue weighted by Gasteiger charge is 2.21. The topological polar surface area (TPSA) is 125 Å². The van der Waals surface area contributed by atoms with Gasteiger partial charge in [0.25, 0.3) is 11.1 Å². The molecule has 110 valence electrons. The van der Waals surface area contributed by atoms with Gasteiger partial charge in [0.1, 0.15) is 11.5 Å². The van der Waals surface area contributed by atoms with E-state index < -0.39 is 11.1 Å². The second kappa shape index (κ2) is 3.61. The molecule has 8 heteroatoms. The lowest BCUT2D eigenvalue weighted by molar-refractivity contribution is 0.188. The van der Waals surface area contributed by atoms with E-state index in [1.165, 1.54) is 0 Å². The van der Waals surface area contributed by atoms with Gasteiger partial charge in [-0.05, 0) is 12.1 Å². The minimum atomic E-state index is -0.848. The van der Waals surface area contributed by atoms with Crippen molar-refractivity contribution < 1.29 is 20.6 Å². The summed E-state index contributed by atoms with van der Waals surface area (Å²) in [5.41, 5.74) is -1.83. The van der Waals surface area contributed by atoms with Crippen LogP contribution in [0.4, 0.5) is 0 Å². The van der Waals surface area contributed by atoms with Gasteiger partial charge in [0, 0.05) is 22.9 Å². The molecule has 0 unspecified atom stereocenters. The number of phenols is 2. The van der Waals surface area contributed by atoms with Gasteiger partial charge < -0.3 is 20.6 Å². The molecule has 4 aromatic rings. The normalized spacial score (nSPS) is 11.8. The fraction of sp³-hybridized carbons (Fsp3) is 0. The first-order chi connectivity index (χ1) is 10.4. The number of aromatic nitrogens is 2. The molecule has 0 atom stereocenters. The Bertz CT molecular complexity index is 1110. The van der Waals surface area contributed by atoms with Crippen LogP contribution < -0.4 is 11.1 Å². The van der Waals surface area contributed by atoms with Gasteiger partial charge in [-0.25, -0.2) is 0 Å². The van der Waals surface area contributed by atoms with Crippen LogP contribution >= 0.6 is 0 Å². The molecule has 0 saturated heterocycles. The lowest BCUT2D eigenvalue weighted by Gasteiger charge is -2.14. The largest absolute Gasteiger partial charge is 0.508 e. The fourth-order valence-corrected chi connectivity index (χ4v) is 2.87. The van der Waals surface area contributed by atoms with Crippen molar-refractivity contribution in [1.82, 2.24) is 9.46 Å². The third kappa shape index (κ3) is 1.26. The summed E-state index contributed by atoms with van der Waals surface area (Å²) < 4.78 is 0.592. The predicted molar refractivity (Wildman–Crippen MR) is 76.4 cm³/mol. The zero-order valence-electron chi connectivity index (χ0n) is 10.8. The first-order valence-electron chi connectivity index (χ1n) is 6.21. The first kappa shape index (κ1) is 12.3. The molecule has 4 rings (SSSR count). The molecular weight excluding hydrogens is 292 g/mol. The van der Waals surface area contributed by atoms with E-state index in [2.05, 4.69) is 0 Å². The Morgan fingerprint density at radius 3 is 1.41 bits per heavy atom. The quantitative estimate of drug-likeness (QED) is 0.281. The number of pyridine rings is 2. The van der Waals surface area contributed by atoms with Gasteiger partial charge in [0.2, 0.25) is 0 Å². The number of phenolic OH excluding ortho intramolecular Hbond substituents is 2. The molecule has 4 N–H and O–H groups in total. The Morgan fingerprint density at radius 2 is 1.05 bits per heavy atom. The molecule has 0 saturated carbocycles. The minimum Gasteiger partial charge on any atom is -0.508 e. The van der Waals surface area contributed by atoms with Gasteiger partial charge in [-0.2, -0.15) is 0 Å². The van der Waals surface area contributed by atoms with Crippen molar-refractivity contribution in [3.63, 3.8) is 0 Å². The fourth-order valence-electron chi connectivity index (χ4n) is 2.87. The zero-order valence-corrected chi connectivity index (χ0v) is 10.8. The number of benzene rings is 2. The summed E-state index contributed by atoms with van der Waals surface area (Å²) in [6.45, 7) is 0. The molecule has 0 aliphatic heterocycles. The second-order valence-electron chi connectivity index (χ2n) is 5.01. The molecule has 2 aromatic heterocycles. The van der Waals surface area contributed by atoms with Gasteiger partial charge in [-0.1, -0.05) is 0 Å². The third-order valence-electron chi connectivity index (χ3n) is 3.76. The molecule has 0 bridgehead atoms. The van der Waals surface area contributed by atoms with Crippen LogP contribution in [-0.4, -0.2) is 30.1 Å². The molecule has 0 aliphatic carbocycles. The van der Waals surface area contributed by atoms with Crippen molar-refractivity contribution in [3.8, 4) is 11.5 Å². The smallest absolute Gasteiger partial charge is 0.291 e. The highest BCUT2D eigenvalue weighted by atomic mass is 16.5. The predicted octanol–water partition coefficient (Wildman–Crippen LogP) is 0.793. The van der Waals surface area contributed by atoms with Crippen LogP contribution in [0.3, 0.4) is 0 Å². The van der Waals surface area contributed by atoms with Gasteiger partial charge in [-0.15, -0.1) is 9.46 Å². The molecule has 0 aliphatic rings. The van der Waals surface area contributed by atoms with E-state index >= 15 is 0 Å². The highest BCUT2D eigenvalue weighted by Crippen LogP contribution is 2.34. The summed E-state index contributed by atoms with van der Waals surface area (Å²) >= 11 is 0. The van der Waals surface area contributed by atoms with Crippen LogP contribution in [0.2, 0.25) is 0 Å². The minimum absolute atomic E-state index is 0.0662. The van der Waals surface area contributed by atoms with Gasteiger partial charge in [0.15, 0.2) is 0 Å². The summed E-state index contributed by atoms with van der Waals surface area (Å²) in [5, 5.41) is 39.6. The number of hydrogen-bond donors (Lipinski definition) is 4. The SMILES string of the molecule is O=c1c2cc(O)cc3c2c2c(cc(O)cc2n1O)c(=O)n3O. The Balaban J connectivity index is 2.59. The molecule has 8 nitrogen and oxygen atoms in total. The van der Waals surface area contributed by atoms with E-state index in [9.17, 15) is 30.2 Å². The molecule has 0 amide bonds. The summed E-state index contributed by atoms with van der Waals surface area (Å²) in [5.74, 6) is -0.680. The summed E-state index contributed by atoms with van der Waals surface area (Å²) in [6, 6.07) is 4.54. The molecule has 0 radical (unpaired) electrons. The van der Waals surface area contributed by atoms with E-state index in [0.717, 1.165) is 24.3 Å². The van der Waals surface area contributed by atoms with Crippen LogP contribution in [0.1, 0.15) is 0 Å². The lowest BCUT2D eigenvalue weighted by atomic mass is 10.0. The summed E-state index contributed by atoms with van der Waals surface area (Å²) in [7, 11) is 0. The number of hydrogen-bond acceptors (Lipinski definition) is 6. The van der Waals surface area contributed by atoms with Crippen molar-refractivity contribution >= 4 is 32.6 Å². The van der Waals surface area contributed by atoms with E-state index in [-0.39, 0.29) is 44.1 Å². The van der Waals surface area contributed by atoms with Crippen LogP contribution in [0, 0.1) is 0 Å². The Labute approximate surface area is 120 Å². The number of aromatic hydroxyl groups is 2. The van der Waals surface area contributed by atoms with Crippen LogP contribution in [-0.2, 0) is 0 Å². The third-order valence-corrected chi connectivity index (χ3v) is 3.76. The van der Waals surface area contributed by atoms with Crippen molar-refractivity contribution in [3.05, 3.63) is 45.0 Å². The van der Waals surface area contributed by atoms with Crippen LogP contribution in [0.15, 0.2) is 33.9 Å². The molecule has 2 heterocycles. The Morgan fingerprint density at radius 1 is 0.682 bits per heavy atom. The maximum atomic E-state index is 12.2. The monoisotopic (exact) mass is 300 g/mol. The average Bonchev–Trinajstić information content (AvgIpc) is 2.48. The van der Waals surface area contributed by atoms with Crippen molar-refractivity contribution in [2.24, 2.45) is 0 Å². The van der Waals surface area contributed by atoms with E-state index in [1.807, 2.05) is 0 Å². The Hall–Kier alpha value is -3.42. The van der Waals surface area contributed by atoms with E-state index in [0.29, 0.717) is 9.46 Å². The van der Waals surface area contributed by atoms with Crippen LogP contribution in [0.5, 0.6) is 11.5 Å². The van der Waals surface area contributed by atoms with Gasteiger partial charge in [-0.3, -0.25) is 9.59 Å². The van der Waals surface area contributed by atoms with E-state index in [1.54, 1.807) is 0 Å². The van der Waals surface area contributed by atoms with Crippen LogP contribution in [0.25, 0.3) is 32.6 Å². The molecular formula is C14H8N2O6. The van der Waals surface area contributed by atoms with Gasteiger partial charge in [0.05, 0.1) is 21.8 Å². The molecule has 0 fully saturated rings. The molecule has 22 heavy (non-hydrogen) atoms.